The van der Waals surface area contributed by atoms with Crippen molar-refractivity contribution >= 4 is 17.0 Å². The average molecular weight is 242 g/mol. The third kappa shape index (κ3) is 1.55. The van der Waals surface area contributed by atoms with Gasteiger partial charge in [0.15, 0.2) is 0 Å². The highest BCUT2D eigenvalue weighted by Crippen LogP contribution is 2.35. The second-order valence-corrected chi connectivity index (χ2v) is 4.73. The van der Waals surface area contributed by atoms with E-state index in [4.69, 9.17) is 9.15 Å². The second-order valence-electron chi connectivity index (χ2n) is 4.73. The highest BCUT2D eigenvalue weighted by molar-refractivity contribution is 5.88. The van der Waals surface area contributed by atoms with Gasteiger partial charge in [-0.3, -0.25) is 0 Å². The molecule has 2 aromatic rings. The van der Waals surface area contributed by atoms with Crippen molar-refractivity contribution < 1.29 is 9.15 Å². The summed E-state index contributed by atoms with van der Waals surface area (Å²) in [5.41, 5.74) is 3.16. The lowest BCUT2D eigenvalue weighted by molar-refractivity contribution is 0.264. The van der Waals surface area contributed by atoms with Crippen LogP contribution in [0.25, 0.3) is 17.0 Å². The summed E-state index contributed by atoms with van der Waals surface area (Å²) in [6.45, 7) is 5.83. The molecule has 0 radical (unpaired) electrons. The number of aryl methyl sites for hydroxylation is 2. The number of fused-ring (bicyclic) bond motifs is 2. The van der Waals surface area contributed by atoms with Crippen molar-refractivity contribution in [3.05, 3.63) is 45.3 Å². The van der Waals surface area contributed by atoms with Crippen molar-refractivity contribution in [1.82, 2.24) is 0 Å². The third-order valence-corrected chi connectivity index (χ3v) is 3.30. The summed E-state index contributed by atoms with van der Waals surface area (Å²) in [7, 11) is 0. The molecule has 1 aromatic heterocycles. The monoisotopic (exact) mass is 242 g/mol. The molecule has 3 nitrogen and oxygen atoms in total. The molecular formula is C15H14O3. The van der Waals surface area contributed by atoms with Gasteiger partial charge in [-0.25, -0.2) is 4.79 Å². The Kier molecular flexibility index (Phi) is 2.30. The molecule has 1 aliphatic rings. The zero-order valence-corrected chi connectivity index (χ0v) is 10.6. The first-order valence-electron chi connectivity index (χ1n) is 5.99. The molecule has 3 rings (SSSR count). The van der Waals surface area contributed by atoms with Gasteiger partial charge in [-0.15, -0.1) is 0 Å². The fourth-order valence-electron chi connectivity index (χ4n) is 2.36. The van der Waals surface area contributed by atoms with E-state index < -0.39 is 0 Å². The molecule has 0 fully saturated rings. The van der Waals surface area contributed by atoms with E-state index in [0.717, 1.165) is 27.8 Å². The Morgan fingerprint density at radius 3 is 2.78 bits per heavy atom. The topological polar surface area (TPSA) is 39.4 Å². The van der Waals surface area contributed by atoms with Gasteiger partial charge < -0.3 is 9.15 Å². The number of hydrogen-bond donors (Lipinski definition) is 0. The van der Waals surface area contributed by atoms with Crippen LogP contribution in [0.5, 0.6) is 5.75 Å². The predicted octanol–water partition coefficient (Wildman–Crippen LogP) is 3.20. The van der Waals surface area contributed by atoms with Crippen LogP contribution >= 0.6 is 0 Å². The van der Waals surface area contributed by atoms with Gasteiger partial charge in [0.1, 0.15) is 17.4 Å². The lowest BCUT2D eigenvalue weighted by Gasteiger charge is -2.21. The molecule has 1 aromatic carbocycles. The van der Waals surface area contributed by atoms with E-state index in [0.29, 0.717) is 5.58 Å². The molecule has 18 heavy (non-hydrogen) atoms. The fourth-order valence-corrected chi connectivity index (χ4v) is 2.36. The van der Waals surface area contributed by atoms with E-state index in [9.17, 15) is 4.79 Å². The van der Waals surface area contributed by atoms with Crippen LogP contribution in [0.2, 0.25) is 0 Å². The largest absolute Gasteiger partial charge is 0.486 e. The molecule has 3 heteroatoms. The van der Waals surface area contributed by atoms with Gasteiger partial charge in [-0.05, 0) is 38.5 Å². The molecule has 1 unspecified atom stereocenters. The molecule has 0 N–H and O–H groups in total. The first-order valence-corrected chi connectivity index (χ1v) is 5.99. The third-order valence-electron chi connectivity index (χ3n) is 3.30. The van der Waals surface area contributed by atoms with E-state index in [1.807, 2.05) is 32.9 Å². The van der Waals surface area contributed by atoms with E-state index >= 15 is 0 Å². The van der Waals surface area contributed by atoms with Crippen LogP contribution < -0.4 is 10.4 Å². The quantitative estimate of drug-likeness (QED) is 0.666. The van der Waals surface area contributed by atoms with Crippen LogP contribution in [0, 0.1) is 13.8 Å². The van der Waals surface area contributed by atoms with Crippen LogP contribution in [0.4, 0.5) is 0 Å². The molecular weight excluding hydrogens is 228 g/mol. The maximum absolute atomic E-state index is 11.5. The smallest absolute Gasteiger partial charge is 0.336 e. The molecule has 0 aliphatic carbocycles. The lowest BCUT2D eigenvalue weighted by Crippen LogP contribution is -2.13. The Morgan fingerprint density at radius 1 is 1.22 bits per heavy atom. The molecule has 0 bridgehead atoms. The molecule has 1 aliphatic heterocycles. The molecule has 92 valence electrons. The molecule has 0 amide bonds. The minimum atomic E-state index is -0.317. The Hall–Kier alpha value is -2.03. The Labute approximate surface area is 105 Å². The molecule has 2 heterocycles. The maximum Gasteiger partial charge on any atom is 0.336 e. The summed E-state index contributed by atoms with van der Waals surface area (Å²) >= 11 is 0. The number of hydrogen-bond acceptors (Lipinski definition) is 3. The Balaban J connectivity index is 2.43. The minimum absolute atomic E-state index is 0.0465. The van der Waals surface area contributed by atoms with Crippen LogP contribution in [-0.4, -0.2) is 6.10 Å². The van der Waals surface area contributed by atoms with E-state index in [1.54, 1.807) is 0 Å². The van der Waals surface area contributed by atoms with Crippen LogP contribution in [0.1, 0.15) is 23.6 Å². The van der Waals surface area contributed by atoms with Crippen molar-refractivity contribution in [3.8, 4) is 5.75 Å². The van der Waals surface area contributed by atoms with Gasteiger partial charge in [0, 0.05) is 22.6 Å². The zero-order valence-electron chi connectivity index (χ0n) is 10.6. The number of rotatable bonds is 0. The summed E-state index contributed by atoms with van der Waals surface area (Å²) in [6.07, 6.45) is 4.12. The van der Waals surface area contributed by atoms with Gasteiger partial charge in [-0.1, -0.05) is 6.08 Å². The summed E-state index contributed by atoms with van der Waals surface area (Å²) in [4.78, 5) is 11.5. The van der Waals surface area contributed by atoms with Crippen molar-refractivity contribution in [2.75, 3.05) is 0 Å². The normalized spacial score (nSPS) is 17.6. The average Bonchev–Trinajstić information content (AvgIpc) is 2.32. The predicted molar refractivity (Wildman–Crippen MR) is 71.1 cm³/mol. The standard InChI is InChI=1S/C15H14O3/c1-8-6-13(16)18-15-10(3)14-11(7-12(8)15)5-4-9(2)17-14/h4-7,9H,1-3H3. The fraction of sp³-hybridized carbons (Fsp3) is 0.267. The van der Waals surface area contributed by atoms with Crippen LogP contribution in [0.3, 0.4) is 0 Å². The SMILES string of the molecule is Cc1cc(=O)oc2c(C)c3c(cc12)C=CC(C)O3. The number of benzene rings is 1. The van der Waals surface area contributed by atoms with Crippen LogP contribution in [-0.2, 0) is 0 Å². The first-order chi connectivity index (χ1) is 8.56. The van der Waals surface area contributed by atoms with Gasteiger partial charge >= 0.3 is 5.63 Å². The van der Waals surface area contributed by atoms with Gasteiger partial charge in [0.05, 0.1) is 0 Å². The van der Waals surface area contributed by atoms with Gasteiger partial charge in [0.25, 0.3) is 0 Å². The summed E-state index contributed by atoms with van der Waals surface area (Å²) in [5, 5.41) is 0.966. The first kappa shape index (κ1) is 11.1. The molecule has 0 saturated carbocycles. The van der Waals surface area contributed by atoms with E-state index in [2.05, 4.69) is 6.08 Å². The van der Waals surface area contributed by atoms with Gasteiger partial charge in [0.2, 0.25) is 0 Å². The Bertz CT molecular complexity index is 723. The van der Waals surface area contributed by atoms with Crippen molar-refractivity contribution in [3.63, 3.8) is 0 Å². The lowest BCUT2D eigenvalue weighted by atomic mass is 10.00. The summed E-state index contributed by atoms with van der Waals surface area (Å²) < 4.78 is 11.1. The van der Waals surface area contributed by atoms with Gasteiger partial charge in [-0.2, -0.15) is 0 Å². The van der Waals surface area contributed by atoms with Crippen molar-refractivity contribution in [1.29, 1.82) is 0 Å². The second kappa shape index (κ2) is 3.73. The maximum atomic E-state index is 11.5. The minimum Gasteiger partial charge on any atom is -0.486 e. The highest BCUT2D eigenvalue weighted by Gasteiger charge is 2.18. The van der Waals surface area contributed by atoms with Crippen LogP contribution in [0.15, 0.2) is 27.4 Å². The van der Waals surface area contributed by atoms with E-state index in [1.165, 1.54) is 6.07 Å². The van der Waals surface area contributed by atoms with E-state index in [-0.39, 0.29) is 11.7 Å². The molecule has 0 saturated heterocycles. The van der Waals surface area contributed by atoms with Crippen molar-refractivity contribution in [2.24, 2.45) is 0 Å². The molecule has 0 spiro atoms. The van der Waals surface area contributed by atoms with Crippen molar-refractivity contribution in [2.45, 2.75) is 26.9 Å². The Morgan fingerprint density at radius 2 is 2.00 bits per heavy atom. The highest BCUT2D eigenvalue weighted by atomic mass is 16.5. The molecule has 1 atom stereocenters. The number of ether oxygens (including phenoxy) is 1. The summed E-state index contributed by atoms with van der Waals surface area (Å²) in [6, 6.07) is 3.53. The zero-order chi connectivity index (χ0) is 12.9. The summed E-state index contributed by atoms with van der Waals surface area (Å²) in [5.74, 6) is 0.811.